The highest BCUT2D eigenvalue weighted by Gasteiger charge is 2.22. The van der Waals surface area contributed by atoms with E-state index in [-0.39, 0.29) is 23.8 Å². The van der Waals surface area contributed by atoms with Crippen molar-refractivity contribution in [2.75, 3.05) is 18.4 Å². The van der Waals surface area contributed by atoms with Crippen molar-refractivity contribution in [3.05, 3.63) is 56.0 Å². The Labute approximate surface area is 135 Å². The van der Waals surface area contributed by atoms with Crippen molar-refractivity contribution in [1.82, 2.24) is 4.90 Å². The summed E-state index contributed by atoms with van der Waals surface area (Å²) in [6.07, 6.45) is 0.829. The van der Waals surface area contributed by atoms with Crippen LogP contribution in [0.15, 0.2) is 29.6 Å². The van der Waals surface area contributed by atoms with E-state index in [9.17, 15) is 19.3 Å². The molecular formula is C15H14FN3O3S. The molecule has 3 rings (SSSR count). The molecule has 0 saturated carbocycles. The van der Waals surface area contributed by atoms with Crippen LogP contribution in [0, 0.1) is 15.9 Å². The summed E-state index contributed by atoms with van der Waals surface area (Å²) >= 11 is 1.69. The Kier molecular flexibility index (Phi) is 4.24. The van der Waals surface area contributed by atoms with Crippen LogP contribution in [-0.2, 0) is 17.8 Å². The normalized spacial score (nSPS) is 13.5. The SMILES string of the molecule is O=C(CNc1ccc(F)cc1[N+](=O)[O-])N1CCc2sccc2C1. The van der Waals surface area contributed by atoms with Crippen LogP contribution >= 0.6 is 11.3 Å². The Hall–Kier alpha value is -2.48. The molecule has 0 fully saturated rings. The number of anilines is 1. The number of nitrogens with one attached hydrogen (secondary N) is 1. The first-order valence-corrected chi connectivity index (χ1v) is 7.93. The van der Waals surface area contributed by atoms with E-state index in [1.54, 1.807) is 16.2 Å². The van der Waals surface area contributed by atoms with Crippen molar-refractivity contribution in [3.63, 3.8) is 0 Å². The number of carbonyl (C=O) groups is 1. The predicted octanol–water partition coefficient (Wildman–Crippen LogP) is 2.79. The average Bonchev–Trinajstić information content (AvgIpc) is 3.00. The van der Waals surface area contributed by atoms with E-state index in [1.165, 1.54) is 10.9 Å². The van der Waals surface area contributed by atoms with Gasteiger partial charge in [-0.1, -0.05) is 0 Å². The molecule has 0 radical (unpaired) electrons. The zero-order valence-corrected chi connectivity index (χ0v) is 12.9. The lowest BCUT2D eigenvalue weighted by atomic mass is 10.1. The molecule has 0 atom stereocenters. The molecule has 1 aliphatic heterocycles. The van der Waals surface area contributed by atoms with Crippen molar-refractivity contribution in [2.45, 2.75) is 13.0 Å². The minimum atomic E-state index is -0.686. The van der Waals surface area contributed by atoms with Crippen molar-refractivity contribution < 1.29 is 14.1 Å². The topological polar surface area (TPSA) is 75.5 Å². The standard InChI is InChI=1S/C15H14FN3O3S/c16-11-1-2-12(13(7-11)19(21)22)17-8-15(20)18-5-3-14-10(9-18)4-6-23-14/h1-2,4,6-7,17H,3,5,8-9H2. The van der Waals surface area contributed by atoms with Gasteiger partial charge in [0.1, 0.15) is 11.5 Å². The van der Waals surface area contributed by atoms with Crippen LogP contribution < -0.4 is 5.32 Å². The highest BCUT2D eigenvalue weighted by molar-refractivity contribution is 7.10. The van der Waals surface area contributed by atoms with Crippen LogP contribution in [0.2, 0.25) is 0 Å². The molecule has 8 heteroatoms. The molecule has 2 heterocycles. The zero-order chi connectivity index (χ0) is 16.4. The molecule has 1 aliphatic rings. The van der Waals surface area contributed by atoms with E-state index in [0.29, 0.717) is 13.1 Å². The fourth-order valence-electron chi connectivity index (χ4n) is 2.55. The molecule has 0 bridgehead atoms. The second-order valence-corrected chi connectivity index (χ2v) is 6.21. The van der Waals surface area contributed by atoms with E-state index in [1.807, 2.05) is 11.4 Å². The average molecular weight is 335 g/mol. The minimum absolute atomic E-state index is 0.0635. The van der Waals surface area contributed by atoms with E-state index in [4.69, 9.17) is 0 Å². The molecule has 2 aromatic rings. The van der Waals surface area contributed by atoms with Crippen LogP contribution in [0.1, 0.15) is 10.4 Å². The van der Waals surface area contributed by atoms with Crippen molar-refractivity contribution in [2.24, 2.45) is 0 Å². The van der Waals surface area contributed by atoms with Gasteiger partial charge in [-0.2, -0.15) is 0 Å². The number of nitro benzene ring substituents is 1. The second kappa shape index (κ2) is 6.33. The monoisotopic (exact) mass is 335 g/mol. The molecule has 1 aromatic carbocycles. The van der Waals surface area contributed by atoms with Gasteiger partial charge in [0, 0.05) is 18.0 Å². The summed E-state index contributed by atoms with van der Waals surface area (Å²) in [5.41, 5.74) is 0.914. The number of hydrogen-bond acceptors (Lipinski definition) is 5. The van der Waals surface area contributed by atoms with Gasteiger partial charge in [-0.15, -0.1) is 11.3 Å². The molecule has 1 N–H and O–H groups in total. The highest BCUT2D eigenvalue weighted by atomic mass is 32.1. The number of rotatable bonds is 4. The van der Waals surface area contributed by atoms with Gasteiger partial charge in [-0.3, -0.25) is 14.9 Å². The van der Waals surface area contributed by atoms with Gasteiger partial charge in [0.15, 0.2) is 0 Å². The Balaban J connectivity index is 1.65. The molecule has 0 saturated heterocycles. The van der Waals surface area contributed by atoms with Gasteiger partial charge in [0.2, 0.25) is 5.91 Å². The summed E-state index contributed by atoms with van der Waals surface area (Å²) in [5.74, 6) is -0.824. The summed E-state index contributed by atoms with van der Waals surface area (Å²) in [6, 6.07) is 5.25. The number of carbonyl (C=O) groups excluding carboxylic acids is 1. The summed E-state index contributed by atoms with van der Waals surface area (Å²) in [6.45, 7) is 1.14. The number of hydrogen-bond donors (Lipinski definition) is 1. The third-order valence-electron chi connectivity index (χ3n) is 3.75. The predicted molar refractivity (Wildman–Crippen MR) is 85.0 cm³/mol. The van der Waals surface area contributed by atoms with Crippen molar-refractivity contribution in [1.29, 1.82) is 0 Å². The molecule has 0 aliphatic carbocycles. The maximum Gasteiger partial charge on any atom is 0.295 e. The Morgan fingerprint density at radius 3 is 3.04 bits per heavy atom. The van der Waals surface area contributed by atoms with Crippen LogP contribution in [-0.4, -0.2) is 28.8 Å². The Morgan fingerprint density at radius 1 is 1.43 bits per heavy atom. The zero-order valence-electron chi connectivity index (χ0n) is 12.1. The summed E-state index contributed by atoms with van der Waals surface area (Å²) in [4.78, 5) is 25.6. The molecule has 0 spiro atoms. The molecule has 1 amide bonds. The molecule has 1 aromatic heterocycles. The first-order valence-electron chi connectivity index (χ1n) is 7.05. The minimum Gasteiger partial charge on any atom is -0.371 e. The summed E-state index contributed by atoms with van der Waals surface area (Å²) in [7, 11) is 0. The van der Waals surface area contributed by atoms with Crippen LogP contribution in [0.5, 0.6) is 0 Å². The number of fused-ring (bicyclic) bond motifs is 1. The van der Waals surface area contributed by atoms with Gasteiger partial charge in [0.25, 0.3) is 5.69 Å². The largest absolute Gasteiger partial charge is 0.371 e. The van der Waals surface area contributed by atoms with E-state index in [2.05, 4.69) is 5.32 Å². The number of benzene rings is 1. The fraction of sp³-hybridized carbons (Fsp3) is 0.267. The number of nitro groups is 1. The summed E-state index contributed by atoms with van der Waals surface area (Å²) in [5, 5.41) is 15.7. The molecule has 120 valence electrons. The van der Waals surface area contributed by atoms with Gasteiger partial charge in [-0.25, -0.2) is 4.39 Å². The molecule has 6 nitrogen and oxygen atoms in total. The number of amides is 1. The van der Waals surface area contributed by atoms with Crippen LogP contribution in [0.4, 0.5) is 15.8 Å². The van der Waals surface area contributed by atoms with Crippen LogP contribution in [0.3, 0.4) is 0 Å². The third kappa shape index (κ3) is 3.31. The van der Waals surface area contributed by atoms with E-state index < -0.39 is 10.7 Å². The quantitative estimate of drug-likeness (QED) is 0.688. The van der Waals surface area contributed by atoms with Crippen LogP contribution in [0.25, 0.3) is 0 Å². The Morgan fingerprint density at radius 2 is 2.26 bits per heavy atom. The van der Waals surface area contributed by atoms with E-state index in [0.717, 1.165) is 24.1 Å². The lowest BCUT2D eigenvalue weighted by Crippen LogP contribution is -2.38. The molecule has 0 unspecified atom stereocenters. The maximum atomic E-state index is 13.1. The highest BCUT2D eigenvalue weighted by Crippen LogP contribution is 2.26. The lowest BCUT2D eigenvalue weighted by Gasteiger charge is -2.27. The molecular weight excluding hydrogens is 321 g/mol. The van der Waals surface area contributed by atoms with Gasteiger partial charge in [0.05, 0.1) is 17.5 Å². The van der Waals surface area contributed by atoms with E-state index >= 15 is 0 Å². The number of halogens is 1. The fourth-order valence-corrected chi connectivity index (χ4v) is 3.44. The maximum absolute atomic E-state index is 13.1. The van der Waals surface area contributed by atoms with Gasteiger partial charge >= 0.3 is 0 Å². The smallest absolute Gasteiger partial charge is 0.295 e. The molecule has 23 heavy (non-hydrogen) atoms. The number of thiophene rings is 1. The first kappa shape index (κ1) is 15.4. The van der Waals surface area contributed by atoms with Gasteiger partial charge < -0.3 is 10.2 Å². The Bertz CT molecular complexity index is 762. The summed E-state index contributed by atoms with van der Waals surface area (Å²) < 4.78 is 13.1. The van der Waals surface area contributed by atoms with Gasteiger partial charge in [-0.05, 0) is 35.6 Å². The van der Waals surface area contributed by atoms with Crippen molar-refractivity contribution >= 4 is 28.6 Å². The first-order chi connectivity index (χ1) is 11.0. The lowest BCUT2D eigenvalue weighted by molar-refractivity contribution is -0.384. The third-order valence-corrected chi connectivity index (χ3v) is 4.77. The van der Waals surface area contributed by atoms with Crippen molar-refractivity contribution in [3.8, 4) is 0 Å². The number of nitrogens with zero attached hydrogens (tertiary/aromatic N) is 2. The second-order valence-electron chi connectivity index (χ2n) is 5.21.